The second-order valence-electron chi connectivity index (χ2n) is 7.80. The molecule has 0 spiro atoms. The maximum absolute atomic E-state index is 13.7. The van der Waals surface area contributed by atoms with Crippen LogP contribution in [0.4, 0.5) is 10.8 Å². The minimum atomic E-state index is -0.420. The maximum atomic E-state index is 13.7. The van der Waals surface area contributed by atoms with Crippen LogP contribution in [-0.2, 0) is 0 Å². The van der Waals surface area contributed by atoms with Gasteiger partial charge in [0, 0.05) is 23.7 Å². The van der Waals surface area contributed by atoms with Crippen molar-refractivity contribution >= 4 is 57.2 Å². The van der Waals surface area contributed by atoms with E-state index in [1.165, 1.54) is 31.4 Å². The highest BCUT2D eigenvalue weighted by Gasteiger charge is 2.30. The highest BCUT2D eigenvalue weighted by Crippen LogP contribution is 2.38. The molecule has 34 heavy (non-hydrogen) atoms. The Balaban J connectivity index is 1.78. The zero-order chi connectivity index (χ0) is 24.4. The van der Waals surface area contributed by atoms with Crippen molar-refractivity contribution in [3.8, 4) is 11.5 Å². The van der Waals surface area contributed by atoms with E-state index in [0.717, 1.165) is 24.2 Å². The summed E-state index contributed by atoms with van der Waals surface area (Å²) in [6.07, 6.45) is 3.46. The number of halogens is 2. The van der Waals surface area contributed by atoms with Gasteiger partial charge in [-0.2, -0.15) is 0 Å². The summed E-state index contributed by atoms with van der Waals surface area (Å²) in [6, 6.07) is 9.93. The lowest BCUT2D eigenvalue weighted by Crippen LogP contribution is -2.33. The maximum Gasteiger partial charge on any atom is 0.266 e. The van der Waals surface area contributed by atoms with E-state index in [-0.39, 0.29) is 22.5 Å². The number of likely N-dealkylation sites (tertiary alicyclic amines) is 1. The molecule has 0 saturated carbocycles. The Morgan fingerprint density at radius 1 is 1.12 bits per heavy atom. The van der Waals surface area contributed by atoms with Crippen molar-refractivity contribution in [1.82, 2.24) is 9.88 Å². The SMILES string of the molecule is COc1ccc(N(C(=O)c2ccc(Cl)cc2Cl)c2ncc(C(=O)N3CCCC3C)s2)cc1OC. The number of carbonyl (C=O) groups excluding carboxylic acids is 2. The van der Waals surface area contributed by atoms with Crippen molar-refractivity contribution in [2.75, 3.05) is 25.7 Å². The standard InChI is InChI=1S/C24H23Cl2N3O4S/c1-14-5-4-10-28(14)23(31)21-13-27-24(34-21)29(16-7-9-19(32-2)20(12-16)33-3)22(30)17-8-6-15(25)11-18(17)26/h6-9,11-14H,4-5,10H2,1-3H3. The molecule has 1 aliphatic heterocycles. The summed E-state index contributed by atoms with van der Waals surface area (Å²) in [5.41, 5.74) is 0.730. The number of ether oxygens (including phenoxy) is 2. The Kier molecular flexibility index (Phi) is 7.30. The molecule has 0 aliphatic carbocycles. The van der Waals surface area contributed by atoms with Crippen LogP contribution in [0, 0.1) is 0 Å². The first kappa shape index (κ1) is 24.3. The van der Waals surface area contributed by atoms with E-state index >= 15 is 0 Å². The number of hydrogen-bond donors (Lipinski definition) is 0. The van der Waals surface area contributed by atoms with Crippen molar-refractivity contribution in [2.45, 2.75) is 25.8 Å². The Morgan fingerprint density at radius 2 is 1.88 bits per heavy atom. The van der Waals surface area contributed by atoms with Crippen LogP contribution < -0.4 is 14.4 Å². The van der Waals surface area contributed by atoms with Crippen molar-refractivity contribution in [3.63, 3.8) is 0 Å². The molecule has 1 atom stereocenters. The summed E-state index contributed by atoms with van der Waals surface area (Å²) in [7, 11) is 3.05. The summed E-state index contributed by atoms with van der Waals surface area (Å²) in [5, 5.41) is 0.959. The van der Waals surface area contributed by atoms with E-state index in [2.05, 4.69) is 4.98 Å². The largest absolute Gasteiger partial charge is 0.493 e. The van der Waals surface area contributed by atoms with Gasteiger partial charge in [0.05, 0.1) is 36.7 Å². The molecule has 178 valence electrons. The van der Waals surface area contributed by atoms with E-state index in [4.69, 9.17) is 32.7 Å². The van der Waals surface area contributed by atoms with Crippen LogP contribution in [-0.4, -0.2) is 48.5 Å². The molecule has 1 aromatic heterocycles. The number of methoxy groups -OCH3 is 2. The predicted molar refractivity (Wildman–Crippen MR) is 134 cm³/mol. The van der Waals surface area contributed by atoms with Gasteiger partial charge in [-0.05, 0) is 50.1 Å². The van der Waals surface area contributed by atoms with Crippen molar-refractivity contribution < 1.29 is 19.1 Å². The lowest BCUT2D eigenvalue weighted by molar-refractivity contribution is 0.0752. The van der Waals surface area contributed by atoms with Gasteiger partial charge in [0.1, 0.15) is 4.88 Å². The van der Waals surface area contributed by atoms with Gasteiger partial charge in [-0.25, -0.2) is 4.98 Å². The van der Waals surface area contributed by atoms with Gasteiger partial charge in [-0.1, -0.05) is 34.5 Å². The summed E-state index contributed by atoms with van der Waals surface area (Å²) >= 11 is 13.5. The summed E-state index contributed by atoms with van der Waals surface area (Å²) in [6.45, 7) is 2.75. The zero-order valence-corrected chi connectivity index (χ0v) is 21.2. The Hall–Kier alpha value is -2.81. The number of aromatic nitrogens is 1. The van der Waals surface area contributed by atoms with Crippen LogP contribution >= 0.6 is 34.5 Å². The molecule has 4 rings (SSSR count). The molecular formula is C24H23Cl2N3O4S. The third-order valence-electron chi connectivity index (χ3n) is 5.70. The Morgan fingerprint density at radius 3 is 2.53 bits per heavy atom. The van der Waals surface area contributed by atoms with Gasteiger partial charge >= 0.3 is 0 Å². The van der Waals surface area contributed by atoms with Crippen molar-refractivity contribution in [1.29, 1.82) is 0 Å². The number of carbonyl (C=O) groups is 2. The van der Waals surface area contributed by atoms with E-state index < -0.39 is 5.91 Å². The lowest BCUT2D eigenvalue weighted by atomic mass is 10.1. The van der Waals surface area contributed by atoms with E-state index in [9.17, 15) is 9.59 Å². The van der Waals surface area contributed by atoms with E-state index in [1.54, 1.807) is 30.3 Å². The fourth-order valence-corrected chi connectivity index (χ4v) is 5.29. The number of amides is 2. The van der Waals surface area contributed by atoms with Crippen LogP contribution in [0.25, 0.3) is 0 Å². The molecule has 3 aromatic rings. The summed E-state index contributed by atoms with van der Waals surface area (Å²) in [5.74, 6) is 0.453. The lowest BCUT2D eigenvalue weighted by Gasteiger charge is -2.22. The molecule has 2 heterocycles. The van der Waals surface area contributed by atoms with Crippen LogP contribution in [0.2, 0.25) is 10.0 Å². The van der Waals surface area contributed by atoms with Gasteiger partial charge in [-0.3, -0.25) is 14.5 Å². The monoisotopic (exact) mass is 519 g/mol. The molecular weight excluding hydrogens is 497 g/mol. The Labute approximate surface area is 211 Å². The molecule has 1 saturated heterocycles. The fourth-order valence-electron chi connectivity index (χ4n) is 3.91. The smallest absolute Gasteiger partial charge is 0.266 e. The number of benzene rings is 2. The number of hydrogen-bond acceptors (Lipinski definition) is 6. The van der Waals surface area contributed by atoms with Gasteiger partial charge in [-0.15, -0.1) is 0 Å². The molecule has 10 heteroatoms. The minimum Gasteiger partial charge on any atom is -0.493 e. The number of nitrogens with zero attached hydrogens (tertiary/aromatic N) is 3. The molecule has 0 bridgehead atoms. The highest BCUT2D eigenvalue weighted by atomic mass is 35.5. The van der Waals surface area contributed by atoms with Gasteiger partial charge in [0.2, 0.25) is 0 Å². The van der Waals surface area contributed by atoms with Crippen LogP contribution in [0.3, 0.4) is 0 Å². The molecule has 2 aromatic carbocycles. The average molecular weight is 520 g/mol. The fraction of sp³-hybridized carbons (Fsp3) is 0.292. The van der Waals surface area contributed by atoms with E-state index in [0.29, 0.717) is 38.8 Å². The number of thiazole rings is 1. The zero-order valence-electron chi connectivity index (χ0n) is 18.9. The molecule has 0 radical (unpaired) electrons. The topological polar surface area (TPSA) is 72.0 Å². The second-order valence-corrected chi connectivity index (χ2v) is 9.65. The van der Waals surface area contributed by atoms with Crippen molar-refractivity contribution in [2.24, 2.45) is 0 Å². The number of rotatable bonds is 6. The Bertz CT molecular complexity index is 1230. The highest BCUT2D eigenvalue weighted by molar-refractivity contribution is 7.17. The molecule has 2 amide bonds. The van der Waals surface area contributed by atoms with Crippen LogP contribution in [0.15, 0.2) is 42.6 Å². The second kappa shape index (κ2) is 10.2. The molecule has 0 N–H and O–H groups in total. The third-order valence-corrected chi connectivity index (χ3v) is 7.22. The first-order valence-corrected chi connectivity index (χ1v) is 12.2. The molecule has 1 aliphatic rings. The van der Waals surface area contributed by atoms with E-state index in [1.807, 2.05) is 11.8 Å². The normalized spacial score (nSPS) is 15.3. The number of anilines is 2. The summed E-state index contributed by atoms with van der Waals surface area (Å²) in [4.78, 5) is 34.9. The molecule has 1 unspecified atom stereocenters. The minimum absolute atomic E-state index is 0.0852. The third kappa shape index (κ3) is 4.71. The summed E-state index contributed by atoms with van der Waals surface area (Å²) < 4.78 is 10.8. The van der Waals surface area contributed by atoms with Crippen LogP contribution in [0.5, 0.6) is 11.5 Å². The van der Waals surface area contributed by atoms with Crippen LogP contribution in [0.1, 0.15) is 39.8 Å². The quantitative estimate of drug-likeness (QED) is 0.395. The first-order valence-electron chi connectivity index (χ1n) is 10.6. The average Bonchev–Trinajstić information content (AvgIpc) is 3.48. The first-order chi connectivity index (χ1) is 16.3. The predicted octanol–water partition coefficient (Wildman–Crippen LogP) is 6.07. The molecule has 1 fully saturated rings. The van der Waals surface area contributed by atoms with Crippen molar-refractivity contribution in [3.05, 3.63) is 63.1 Å². The van der Waals surface area contributed by atoms with Gasteiger partial charge < -0.3 is 14.4 Å². The van der Waals surface area contributed by atoms with Gasteiger partial charge in [0.15, 0.2) is 16.6 Å². The van der Waals surface area contributed by atoms with Gasteiger partial charge in [0.25, 0.3) is 11.8 Å². The molecule has 7 nitrogen and oxygen atoms in total.